The zero-order valence-corrected chi connectivity index (χ0v) is 15.7. The summed E-state index contributed by atoms with van der Waals surface area (Å²) in [6.07, 6.45) is 2.27. The molecule has 1 fully saturated rings. The van der Waals surface area contributed by atoms with E-state index >= 15 is 0 Å². The lowest BCUT2D eigenvalue weighted by Gasteiger charge is -2.43. The molecular weight excluding hydrogens is 359 g/mol. The predicted octanol–water partition coefficient (Wildman–Crippen LogP) is 4.30. The number of benzene rings is 2. The monoisotopic (exact) mass is 382 g/mol. The fourth-order valence-corrected chi connectivity index (χ4v) is 3.58. The van der Waals surface area contributed by atoms with Crippen molar-refractivity contribution < 1.29 is 18.7 Å². The molecule has 0 aromatic heterocycles. The number of nitrogens with two attached hydrogens (primary N) is 1. The van der Waals surface area contributed by atoms with Crippen molar-refractivity contribution in [3.63, 3.8) is 0 Å². The van der Waals surface area contributed by atoms with Crippen molar-refractivity contribution in [2.45, 2.75) is 31.4 Å². The second kappa shape index (κ2) is 7.84. The number of carbonyl (C=O) groups excluding carboxylic acids is 2. The molecule has 0 aliphatic carbocycles. The highest BCUT2D eigenvalue weighted by Crippen LogP contribution is 2.39. The number of nitrogens with zero attached hydrogens (tertiary/aromatic N) is 1. The Kier molecular flexibility index (Phi) is 5.49. The van der Waals surface area contributed by atoms with Crippen molar-refractivity contribution in [2.24, 2.45) is 5.73 Å². The molecule has 2 aromatic carbocycles. The van der Waals surface area contributed by atoms with E-state index in [0.29, 0.717) is 24.9 Å². The average molecular weight is 382 g/mol. The number of ether oxygens (including phenoxy) is 1. The first-order valence-corrected chi connectivity index (χ1v) is 9.12. The van der Waals surface area contributed by atoms with Crippen molar-refractivity contribution in [2.75, 3.05) is 6.54 Å². The van der Waals surface area contributed by atoms with E-state index in [2.05, 4.69) is 6.58 Å². The van der Waals surface area contributed by atoms with Crippen molar-refractivity contribution in [1.29, 1.82) is 0 Å². The van der Waals surface area contributed by atoms with Crippen LogP contribution in [-0.4, -0.2) is 23.4 Å². The second-order valence-corrected chi connectivity index (χ2v) is 6.97. The van der Waals surface area contributed by atoms with Gasteiger partial charge >= 0.3 is 6.09 Å². The normalized spacial score (nSPS) is 20.4. The maximum Gasteiger partial charge on any atom is 0.411 e. The van der Waals surface area contributed by atoms with Crippen molar-refractivity contribution >= 4 is 12.0 Å². The van der Waals surface area contributed by atoms with Gasteiger partial charge in [-0.2, -0.15) is 0 Å². The third kappa shape index (κ3) is 3.76. The van der Waals surface area contributed by atoms with Gasteiger partial charge in [0.05, 0.1) is 6.04 Å². The van der Waals surface area contributed by atoms with Gasteiger partial charge in [-0.1, -0.05) is 30.3 Å². The quantitative estimate of drug-likeness (QED) is 0.757. The van der Waals surface area contributed by atoms with Gasteiger partial charge in [-0.15, -0.1) is 6.58 Å². The molecule has 3 rings (SSSR count). The van der Waals surface area contributed by atoms with Gasteiger partial charge in [-0.3, -0.25) is 4.79 Å². The number of rotatable bonds is 6. The van der Waals surface area contributed by atoms with Crippen LogP contribution in [0.5, 0.6) is 0 Å². The van der Waals surface area contributed by atoms with Gasteiger partial charge in [0.15, 0.2) is 0 Å². The molecule has 1 aliphatic rings. The molecule has 2 N–H and O–H groups in total. The smallest absolute Gasteiger partial charge is 0.411 e. The van der Waals surface area contributed by atoms with Crippen LogP contribution in [0.25, 0.3) is 0 Å². The summed E-state index contributed by atoms with van der Waals surface area (Å²) >= 11 is 0. The number of hydrogen-bond acceptors (Lipinski definition) is 3. The SMILES string of the molecule is C=CC[C@]1(c2ccc(F)cc2)CCN([C@@H](C)c2ccc(C(N)=O)cc2)C(=O)O1. The van der Waals surface area contributed by atoms with E-state index in [9.17, 15) is 14.0 Å². The highest BCUT2D eigenvalue weighted by Gasteiger charge is 2.42. The van der Waals surface area contributed by atoms with Gasteiger partial charge in [0.25, 0.3) is 0 Å². The summed E-state index contributed by atoms with van der Waals surface area (Å²) in [6.45, 7) is 6.15. The van der Waals surface area contributed by atoms with Crippen LogP contribution in [0.2, 0.25) is 0 Å². The Morgan fingerprint density at radius 2 is 1.93 bits per heavy atom. The molecule has 2 atom stereocenters. The molecule has 0 bridgehead atoms. The van der Waals surface area contributed by atoms with Gasteiger partial charge in [0.1, 0.15) is 11.4 Å². The Morgan fingerprint density at radius 3 is 2.46 bits per heavy atom. The Morgan fingerprint density at radius 1 is 1.29 bits per heavy atom. The summed E-state index contributed by atoms with van der Waals surface area (Å²) in [5, 5.41) is 0. The van der Waals surface area contributed by atoms with Crippen LogP contribution in [0.15, 0.2) is 61.2 Å². The standard InChI is InChI=1S/C22H23FN2O3/c1-3-12-22(18-8-10-19(23)11-9-18)13-14-25(21(27)28-22)15(2)16-4-6-17(7-5-16)20(24)26/h3-11,15H,1,12-14H2,2H3,(H2,24,26)/t15-,22+/m0/s1. The molecular formula is C22H23FN2O3. The summed E-state index contributed by atoms with van der Waals surface area (Å²) in [5.41, 5.74) is 6.46. The van der Waals surface area contributed by atoms with Crippen LogP contribution >= 0.6 is 0 Å². The van der Waals surface area contributed by atoms with E-state index in [0.717, 1.165) is 11.1 Å². The molecule has 0 radical (unpaired) electrons. The maximum absolute atomic E-state index is 13.3. The van der Waals surface area contributed by atoms with Crippen LogP contribution in [-0.2, 0) is 10.3 Å². The Bertz CT molecular complexity index is 880. The molecule has 0 saturated carbocycles. The van der Waals surface area contributed by atoms with Crippen molar-refractivity contribution in [3.05, 3.63) is 83.7 Å². The van der Waals surface area contributed by atoms with Crippen LogP contribution in [0.3, 0.4) is 0 Å². The third-order valence-electron chi connectivity index (χ3n) is 5.26. The summed E-state index contributed by atoms with van der Waals surface area (Å²) < 4.78 is 19.2. The Balaban J connectivity index is 1.80. The molecule has 28 heavy (non-hydrogen) atoms. The van der Waals surface area contributed by atoms with Crippen molar-refractivity contribution in [1.82, 2.24) is 4.90 Å². The summed E-state index contributed by atoms with van der Waals surface area (Å²) in [5.74, 6) is -0.834. The van der Waals surface area contributed by atoms with Gasteiger partial charge in [-0.05, 0) is 42.3 Å². The molecule has 2 aromatic rings. The molecule has 2 amide bonds. The highest BCUT2D eigenvalue weighted by atomic mass is 19.1. The molecule has 6 heteroatoms. The number of primary amides is 1. The Labute approximate surface area is 163 Å². The van der Waals surface area contributed by atoms with Crippen LogP contribution in [0.1, 0.15) is 47.3 Å². The largest absolute Gasteiger partial charge is 0.437 e. The zero-order chi connectivity index (χ0) is 20.3. The minimum atomic E-state index is -0.849. The zero-order valence-electron chi connectivity index (χ0n) is 15.7. The second-order valence-electron chi connectivity index (χ2n) is 6.97. The molecule has 0 spiro atoms. The summed E-state index contributed by atoms with van der Waals surface area (Å²) in [7, 11) is 0. The van der Waals surface area contributed by atoms with E-state index < -0.39 is 17.6 Å². The summed E-state index contributed by atoms with van der Waals surface area (Å²) in [4.78, 5) is 25.7. The van der Waals surface area contributed by atoms with E-state index in [4.69, 9.17) is 10.5 Å². The van der Waals surface area contributed by atoms with Gasteiger partial charge in [0, 0.05) is 24.9 Å². The Hall–Kier alpha value is -3.15. The molecule has 0 unspecified atom stereocenters. The van der Waals surface area contributed by atoms with E-state index in [-0.39, 0.29) is 11.9 Å². The van der Waals surface area contributed by atoms with Gasteiger partial charge in [-0.25, -0.2) is 9.18 Å². The van der Waals surface area contributed by atoms with E-state index in [1.165, 1.54) is 12.1 Å². The number of halogens is 1. The minimum absolute atomic E-state index is 0.232. The van der Waals surface area contributed by atoms with E-state index in [1.54, 1.807) is 47.4 Å². The average Bonchev–Trinajstić information content (AvgIpc) is 2.68. The topological polar surface area (TPSA) is 72.6 Å². The van der Waals surface area contributed by atoms with Crippen LogP contribution in [0.4, 0.5) is 9.18 Å². The fourth-order valence-electron chi connectivity index (χ4n) is 3.58. The number of hydrogen-bond donors (Lipinski definition) is 1. The first-order valence-electron chi connectivity index (χ1n) is 9.12. The summed E-state index contributed by atoms with van der Waals surface area (Å²) in [6, 6.07) is 12.6. The first kappa shape index (κ1) is 19.6. The lowest BCUT2D eigenvalue weighted by Crippen LogP contribution is -2.48. The lowest BCUT2D eigenvalue weighted by molar-refractivity contribution is -0.0588. The highest BCUT2D eigenvalue weighted by molar-refractivity contribution is 5.92. The van der Waals surface area contributed by atoms with Crippen LogP contribution < -0.4 is 5.73 Å². The minimum Gasteiger partial charge on any atom is -0.437 e. The predicted molar refractivity (Wildman–Crippen MR) is 104 cm³/mol. The maximum atomic E-state index is 13.3. The fraction of sp³-hybridized carbons (Fsp3) is 0.273. The number of amides is 2. The van der Waals surface area contributed by atoms with E-state index in [1.807, 2.05) is 6.92 Å². The first-order chi connectivity index (χ1) is 13.4. The lowest BCUT2D eigenvalue weighted by atomic mass is 9.85. The van der Waals surface area contributed by atoms with Crippen molar-refractivity contribution in [3.8, 4) is 0 Å². The molecule has 1 heterocycles. The van der Waals surface area contributed by atoms with Crippen LogP contribution in [0, 0.1) is 5.82 Å². The molecule has 1 saturated heterocycles. The molecule has 1 aliphatic heterocycles. The number of carbonyl (C=O) groups is 2. The molecule has 146 valence electrons. The third-order valence-corrected chi connectivity index (χ3v) is 5.26. The number of cyclic esters (lactones) is 1. The van der Waals surface area contributed by atoms with Gasteiger partial charge < -0.3 is 15.4 Å². The van der Waals surface area contributed by atoms with Gasteiger partial charge in [0.2, 0.25) is 5.91 Å². The molecule has 5 nitrogen and oxygen atoms in total.